The zero-order valence-corrected chi connectivity index (χ0v) is 11.2. The monoisotopic (exact) mass is 271 g/mol. The fourth-order valence-electron chi connectivity index (χ4n) is 1.75. The van der Waals surface area contributed by atoms with E-state index in [4.69, 9.17) is 4.74 Å². The summed E-state index contributed by atoms with van der Waals surface area (Å²) < 4.78 is 5.76. The number of ether oxygens (including phenoxy) is 1. The van der Waals surface area contributed by atoms with Crippen molar-refractivity contribution in [1.82, 2.24) is 5.32 Å². The third-order valence-electron chi connectivity index (χ3n) is 2.77. The zero-order chi connectivity index (χ0) is 14.4. The van der Waals surface area contributed by atoms with Crippen LogP contribution in [0.3, 0.4) is 0 Å². The van der Waals surface area contributed by atoms with Gasteiger partial charge < -0.3 is 20.3 Å². The molecular formula is C16H17NO3. The maximum Gasteiger partial charge on any atom is 0.158 e. The maximum atomic E-state index is 9.55. The summed E-state index contributed by atoms with van der Waals surface area (Å²) in [5, 5.41) is 21.8. The SMILES string of the molecule is CN/C=C(\OCc1ccccc1)c1ccc(O)c(O)c1. The molecule has 0 fully saturated rings. The van der Waals surface area contributed by atoms with Crippen molar-refractivity contribution in [2.75, 3.05) is 7.05 Å². The van der Waals surface area contributed by atoms with Crippen LogP contribution in [0, 0.1) is 0 Å². The van der Waals surface area contributed by atoms with E-state index in [-0.39, 0.29) is 11.5 Å². The highest BCUT2D eigenvalue weighted by atomic mass is 16.5. The van der Waals surface area contributed by atoms with Gasteiger partial charge in [-0.25, -0.2) is 0 Å². The Balaban J connectivity index is 2.15. The summed E-state index contributed by atoms with van der Waals surface area (Å²) in [7, 11) is 1.77. The molecule has 0 aliphatic carbocycles. The van der Waals surface area contributed by atoms with E-state index in [1.165, 1.54) is 12.1 Å². The van der Waals surface area contributed by atoms with Crippen LogP contribution in [-0.2, 0) is 11.3 Å². The molecule has 4 heteroatoms. The van der Waals surface area contributed by atoms with Gasteiger partial charge in [-0.1, -0.05) is 30.3 Å². The molecule has 0 radical (unpaired) electrons. The Morgan fingerprint density at radius 1 is 1.10 bits per heavy atom. The van der Waals surface area contributed by atoms with Crippen molar-refractivity contribution >= 4 is 5.76 Å². The van der Waals surface area contributed by atoms with E-state index in [2.05, 4.69) is 5.32 Å². The number of phenolic OH excluding ortho intramolecular Hbond substituents is 2. The number of phenols is 2. The van der Waals surface area contributed by atoms with Crippen LogP contribution < -0.4 is 5.32 Å². The molecule has 0 atom stereocenters. The van der Waals surface area contributed by atoms with Crippen molar-refractivity contribution in [1.29, 1.82) is 0 Å². The summed E-state index contributed by atoms with van der Waals surface area (Å²) in [6, 6.07) is 14.4. The third-order valence-corrected chi connectivity index (χ3v) is 2.77. The van der Waals surface area contributed by atoms with Crippen molar-refractivity contribution in [3.05, 3.63) is 65.9 Å². The number of aromatic hydroxyl groups is 2. The minimum absolute atomic E-state index is 0.152. The first-order valence-electron chi connectivity index (χ1n) is 6.27. The fraction of sp³-hybridized carbons (Fsp3) is 0.125. The van der Waals surface area contributed by atoms with Gasteiger partial charge >= 0.3 is 0 Å². The number of nitrogens with one attached hydrogen (secondary N) is 1. The van der Waals surface area contributed by atoms with Crippen LogP contribution in [0.1, 0.15) is 11.1 Å². The van der Waals surface area contributed by atoms with Crippen molar-refractivity contribution < 1.29 is 14.9 Å². The molecule has 2 aromatic rings. The standard InChI is InChI=1S/C16H17NO3/c1-17-10-16(13-7-8-14(18)15(19)9-13)20-11-12-5-3-2-4-6-12/h2-10,17-19H,11H2,1H3/b16-10-. The van der Waals surface area contributed by atoms with Crippen LogP contribution in [0.5, 0.6) is 11.5 Å². The summed E-state index contributed by atoms with van der Waals surface area (Å²) in [5.41, 5.74) is 1.74. The lowest BCUT2D eigenvalue weighted by molar-refractivity contribution is 0.263. The Bertz CT molecular complexity index is 594. The average Bonchev–Trinajstić information content (AvgIpc) is 2.47. The van der Waals surface area contributed by atoms with Crippen molar-refractivity contribution in [2.24, 2.45) is 0 Å². The van der Waals surface area contributed by atoms with Crippen LogP contribution in [0.4, 0.5) is 0 Å². The summed E-state index contributed by atoms with van der Waals surface area (Å²) in [6.45, 7) is 0.427. The molecule has 2 aromatic carbocycles. The summed E-state index contributed by atoms with van der Waals surface area (Å²) in [6.07, 6.45) is 1.70. The molecule has 4 nitrogen and oxygen atoms in total. The summed E-state index contributed by atoms with van der Waals surface area (Å²) in [4.78, 5) is 0. The van der Waals surface area contributed by atoms with Crippen molar-refractivity contribution in [3.8, 4) is 11.5 Å². The molecule has 0 aliphatic heterocycles. The zero-order valence-electron chi connectivity index (χ0n) is 11.2. The van der Waals surface area contributed by atoms with Crippen LogP contribution in [0.15, 0.2) is 54.7 Å². The molecule has 0 saturated heterocycles. The van der Waals surface area contributed by atoms with Gasteiger partial charge in [0, 0.05) is 18.8 Å². The molecular weight excluding hydrogens is 254 g/mol. The van der Waals surface area contributed by atoms with E-state index < -0.39 is 0 Å². The van der Waals surface area contributed by atoms with Crippen molar-refractivity contribution in [2.45, 2.75) is 6.61 Å². The van der Waals surface area contributed by atoms with Gasteiger partial charge in [-0.05, 0) is 23.8 Å². The quantitative estimate of drug-likeness (QED) is 0.578. The topological polar surface area (TPSA) is 61.7 Å². The van der Waals surface area contributed by atoms with Crippen LogP contribution >= 0.6 is 0 Å². The van der Waals surface area contributed by atoms with E-state index in [0.29, 0.717) is 17.9 Å². The molecule has 3 N–H and O–H groups in total. The van der Waals surface area contributed by atoms with Gasteiger partial charge in [0.1, 0.15) is 12.4 Å². The highest BCUT2D eigenvalue weighted by molar-refractivity contribution is 5.62. The van der Waals surface area contributed by atoms with E-state index >= 15 is 0 Å². The molecule has 0 unspecified atom stereocenters. The van der Waals surface area contributed by atoms with Gasteiger partial charge in [-0.15, -0.1) is 0 Å². The minimum atomic E-state index is -0.173. The molecule has 0 aliphatic rings. The fourth-order valence-corrected chi connectivity index (χ4v) is 1.75. The molecule has 0 saturated carbocycles. The van der Waals surface area contributed by atoms with Gasteiger partial charge in [0.25, 0.3) is 0 Å². The Kier molecular flexibility index (Phi) is 4.50. The van der Waals surface area contributed by atoms with Gasteiger partial charge in [-0.2, -0.15) is 0 Å². The molecule has 20 heavy (non-hydrogen) atoms. The van der Waals surface area contributed by atoms with Gasteiger partial charge in [0.2, 0.25) is 0 Å². The lowest BCUT2D eigenvalue weighted by Gasteiger charge is -2.12. The highest BCUT2D eigenvalue weighted by Crippen LogP contribution is 2.28. The Hall–Kier alpha value is -2.62. The normalized spacial score (nSPS) is 11.2. The third kappa shape index (κ3) is 3.45. The molecule has 0 heterocycles. The molecule has 0 spiro atoms. The summed E-state index contributed by atoms with van der Waals surface area (Å²) >= 11 is 0. The number of hydrogen-bond acceptors (Lipinski definition) is 4. The predicted molar refractivity (Wildman–Crippen MR) is 78.0 cm³/mol. The van der Waals surface area contributed by atoms with E-state index in [9.17, 15) is 10.2 Å². The second-order valence-electron chi connectivity index (χ2n) is 4.28. The highest BCUT2D eigenvalue weighted by Gasteiger charge is 2.07. The number of hydrogen-bond donors (Lipinski definition) is 3. The molecule has 2 rings (SSSR count). The molecule has 104 valence electrons. The maximum absolute atomic E-state index is 9.55. The number of benzene rings is 2. The average molecular weight is 271 g/mol. The van der Waals surface area contributed by atoms with Gasteiger partial charge in [0.15, 0.2) is 11.5 Å². The van der Waals surface area contributed by atoms with E-state index in [1.807, 2.05) is 30.3 Å². The van der Waals surface area contributed by atoms with E-state index in [1.54, 1.807) is 19.3 Å². The second kappa shape index (κ2) is 6.52. The smallest absolute Gasteiger partial charge is 0.158 e. The Morgan fingerprint density at radius 2 is 1.85 bits per heavy atom. The van der Waals surface area contributed by atoms with Crippen LogP contribution in [0.2, 0.25) is 0 Å². The Labute approximate surface area is 118 Å². The minimum Gasteiger partial charge on any atom is -0.504 e. The first-order valence-corrected chi connectivity index (χ1v) is 6.27. The second-order valence-corrected chi connectivity index (χ2v) is 4.28. The van der Waals surface area contributed by atoms with Crippen molar-refractivity contribution in [3.63, 3.8) is 0 Å². The van der Waals surface area contributed by atoms with E-state index in [0.717, 1.165) is 5.56 Å². The first kappa shape index (κ1) is 13.8. The summed E-state index contributed by atoms with van der Waals surface area (Å²) in [5.74, 6) is 0.264. The van der Waals surface area contributed by atoms with Gasteiger partial charge in [0.05, 0.1) is 0 Å². The molecule has 0 aromatic heterocycles. The largest absolute Gasteiger partial charge is 0.504 e. The molecule has 0 bridgehead atoms. The lowest BCUT2D eigenvalue weighted by Crippen LogP contribution is -2.00. The Morgan fingerprint density at radius 3 is 2.50 bits per heavy atom. The van der Waals surface area contributed by atoms with Crippen LogP contribution in [-0.4, -0.2) is 17.3 Å². The number of rotatable bonds is 5. The van der Waals surface area contributed by atoms with Crippen LogP contribution in [0.25, 0.3) is 5.76 Å². The predicted octanol–water partition coefficient (Wildman–Crippen LogP) is 2.83. The molecule has 0 amide bonds. The van der Waals surface area contributed by atoms with Gasteiger partial charge in [-0.3, -0.25) is 0 Å². The lowest BCUT2D eigenvalue weighted by atomic mass is 10.1. The first-order chi connectivity index (χ1) is 9.70.